The second-order valence-corrected chi connectivity index (χ2v) is 3.64. The van der Waals surface area contributed by atoms with E-state index in [9.17, 15) is 0 Å². The Morgan fingerprint density at radius 1 is 1.46 bits per heavy atom. The normalized spacial score (nSPS) is 11.4. The Morgan fingerprint density at radius 3 is 2.62 bits per heavy atom. The van der Waals surface area contributed by atoms with Crippen molar-refractivity contribution in [3.63, 3.8) is 0 Å². The molecule has 0 saturated carbocycles. The number of anilines is 1. The average Bonchev–Trinajstić information content (AvgIpc) is 2.18. The van der Waals surface area contributed by atoms with Gasteiger partial charge in [-0.2, -0.15) is 0 Å². The molecule has 0 unspecified atom stereocenters. The Balaban J connectivity index is 2.85. The van der Waals surface area contributed by atoms with Gasteiger partial charge in [-0.15, -0.1) is 0 Å². The summed E-state index contributed by atoms with van der Waals surface area (Å²) in [6.45, 7) is 4.73. The van der Waals surface area contributed by atoms with Gasteiger partial charge in [0.1, 0.15) is 5.82 Å². The first-order valence-corrected chi connectivity index (χ1v) is 4.28. The third-order valence-corrected chi connectivity index (χ3v) is 2.30. The SMILES string of the molecule is CN(c1cnccn1)C(C)(C)CN. The summed E-state index contributed by atoms with van der Waals surface area (Å²) in [5.41, 5.74) is 5.57. The van der Waals surface area contributed by atoms with E-state index in [-0.39, 0.29) is 5.54 Å². The molecular formula is C9H16N4. The van der Waals surface area contributed by atoms with Gasteiger partial charge in [-0.25, -0.2) is 4.98 Å². The molecule has 0 aliphatic heterocycles. The predicted octanol–water partition coefficient (Wildman–Crippen LogP) is 0.650. The smallest absolute Gasteiger partial charge is 0.147 e. The lowest BCUT2D eigenvalue weighted by Crippen LogP contribution is -2.47. The van der Waals surface area contributed by atoms with E-state index < -0.39 is 0 Å². The highest BCUT2D eigenvalue weighted by Crippen LogP contribution is 2.17. The second kappa shape index (κ2) is 3.70. The minimum Gasteiger partial charge on any atom is -0.352 e. The summed E-state index contributed by atoms with van der Waals surface area (Å²) < 4.78 is 0. The maximum Gasteiger partial charge on any atom is 0.147 e. The topological polar surface area (TPSA) is 55.0 Å². The Labute approximate surface area is 78.8 Å². The maximum absolute atomic E-state index is 5.65. The van der Waals surface area contributed by atoms with Gasteiger partial charge in [0.05, 0.1) is 6.20 Å². The molecule has 0 bridgehead atoms. The molecule has 0 amide bonds. The highest BCUT2D eigenvalue weighted by atomic mass is 15.2. The fraction of sp³-hybridized carbons (Fsp3) is 0.556. The summed E-state index contributed by atoms with van der Waals surface area (Å²) in [5, 5.41) is 0. The fourth-order valence-electron chi connectivity index (χ4n) is 0.911. The van der Waals surface area contributed by atoms with Crippen molar-refractivity contribution in [3.05, 3.63) is 18.6 Å². The molecule has 0 radical (unpaired) electrons. The molecule has 1 rings (SSSR count). The van der Waals surface area contributed by atoms with Gasteiger partial charge in [0.2, 0.25) is 0 Å². The summed E-state index contributed by atoms with van der Waals surface area (Å²) in [7, 11) is 1.97. The van der Waals surface area contributed by atoms with E-state index in [2.05, 4.69) is 23.8 Å². The van der Waals surface area contributed by atoms with Gasteiger partial charge in [0, 0.05) is 31.5 Å². The zero-order chi connectivity index (χ0) is 9.90. The van der Waals surface area contributed by atoms with Crippen molar-refractivity contribution in [2.45, 2.75) is 19.4 Å². The molecule has 2 N–H and O–H groups in total. The monoisotopic (exact) mass is 180 g/mol. The third-order valence-electron chi connectivity index (χ3n) is 2.30. The molecule has 0 saturated heterocycles. The zero-order valence-electron chi connectivity index (χ0n) is 8.36. The molecule has 1 aromatic rings. The molecule has 1 heterocycles. The molecule has 13 heavy (non-hydrogen) atoms. The van der Waals surface area contributed by atoms with Crippen LogP contribution in [0.3, 0.4) is 0 Å². The van der Waals surface area contributed by atoms with Gasteiger partial charge in [-0.1, -0.05) is 0 Å². The molecule has 72 valence electrons. The first kappa shape index (κ1) is 9.92. The van der Waals surface area contributed by atoms with Crippen molar-refractivity contribution in [3.8, 4) is 0 Å². The highest BCUT2D eigenvalue weighted by molar-refractivity contribution is 5.37. The van der Waals surface area contributed by atoms with E-state index in [1.54, 1.807) is 18.6 Å². The van der Waals surface area contributed by atoms with Crippen LogP contribution in [0.1, 0.15) is 13.8 Å². The van der Waals surface area contributed by atoms with E-state index >= 15 is 0 Å². The van der Waals surface area contributed by atoms with Gasteiger partial charge in [0.25, 0.3) is 0 Å². The third kappa shape index (κ3) is 2.15. The molecule has 0 atom stereocenters. The van der Waals surface area contributed by atoms with Gasteiger partial charge in [-0.05, 0) is 13.8 Å². The lowest BCUT2D eigenvalue weighted by atomic mass is 10.0. The van der Waals surface area contributed by atoms with Crippen LogP contribution in [0.25, 0.3) is 0 Å². The number of hydrogen-bond donors (Lipinski definition) is 1. The first-order valence-electron chi connectivity index (χ1n) is 4.28. The van der Waals surface area contributed by atoms with E-state index in [0.717, 1.165) is 5.82 Å². The predicted molar refractivity (Wildman–Crippen MR) is 53.6 cm³/mol. The molecule has 0 spiro atoms. The van der Waals surface area contributed by atoms with Gasteiger partial charge < -0.3 is 10.6 Å². The largest absolute Gasteiger partial charge is 0.352 e. The number of aromatic nitrogens is 2. The van der Waals surface area contributed by atoms with Crippen LogP contribution in [0, 0.1) is 0 Å². The van der Waals surface area contributed by atoms with Crippen LogP contribution in [-0.2, 0) is 0 Å². The van der Waals surface area contributed by atoms with E-state index in [1.807, 2.05) is 11.9 Å². The van der Waals surface area contributed by atoms with Crippen LogP contribution in [0.4, 0.5) is 5.82 Å². The Hall–Kier alpha value is -1.16. The molecule has 4 nitrogen and oxygen atoms in total. The number of hydrogen-bond acceptors (Lipinski definition) is 4. The van der Waals surface area contributed by atoms with E-state index in [4.69, 9.17) is 5.73 Å². The fourth-order valence-corrected chi connectivity index (χ4v) is 0.911. The minimum absolute atomic E-state index is 0.0873. The zero-order valence-corrected chi connectivity index (χ0v) is 8.36. The number of likely N-dealkylation sites (N-methyl/N-ethyl adjacent to an activating group) is 1. The molecule has 0 aromatic carbocycles. The summed E-state index contributed by atoms with van der Waals surface area (Å²) in [5.74, 6) is 0.845. The van der Waals surface area contributed by atoms with Crippen molar-refractivity contribution in [1.82, 2.24) is 9.97 Å². The quantitative estimate of drug-likeness (QED) is 0.742. The van der Waals surface area contributed by atoms with Crippen LogP contribution < -0.4 is 10.6 Å². The molecular weight excluding hydrogens is 164 g/mol. The average molecular weight is 180 g/mol. The van der Waals surface area contributed by atoms with Crippen LogP contribution >= 0.6 is 0 Å². The van der Waals surface area contributed by atoms with Gasteiger partial charge in [0.15, 0.2) is 0 Å². The summed E-state index contributed by atoms with van der Waals surface area (Å²) in [4.78, 5) is 10.2. The summed E-state index contributed by atoms with van der Waals surface area (Å²) in [6, 6.07) is 0. The first-order chi connectivity index (χ1) is 6.08. The summed E-state index contributed by atoms with van der Waals surface area (Å²) >= 11 is 0. The lowest BCUT2D eigenvalue weighted by Gasteiger charge is -2.35. The highest BCUT2D eigenvalue weighted by Gasteiger charge is 2.22. The molecule has 4 heteroatoms. The minimum atomic E-state index is -0.0873. The second-order valence-electron chi connectivity index (χ2n) is 3.64. The summed E-state index contributed by atoms with van der Waals surface area (Å²) in [6.07, 6.45) is 5.07. The lowest BCUT2D eigenvalue weighted by molar-refractivity contribution is 0.494. The Morgan fingerprint density at radius 2 is 2.15 bits per heavy atom. The van der Waals surface area contributed by atoms with Gasteiger partial charge in [-0.3, -0.25) is 4.98 Å². The van der Waals surface area contributed by atoms with E-state index in [0.29, 0.717) is 6.54 Å². The van der Waals surface area contributed by atoms with Crippen molar-refractivity contribution >= 4 is 5.82 Å². The molecule has 0 aliphatic carbocycles. The van der Waals surface area contributed by atoms with Crippen LogP contribution in [0.2, 0.25) is 0 Å². The van der Waals surface area contributed by atoms with Crippen molar-refractivity contribution < 1.29 is 0 Å². The van der Waals surface area contributed by atoms with E-state index in [1.165, 1.54) is 0 Å². The van der Waals surface area contributed by atoms with Crippen molar-refractivity contribution in [2.75, 3.05) is 18.5 Å². The van der Waals surface area contributed by atoms with Crippen molar-refractivity contribution in [1.29, 1.82) is 0 Å². The Bertz CT molecular complexity index is 258. The Kier molecular flexibility index (Phi) is 2.83. The van der Waals surface area contributed by atoms with Crippen molar-refractivity contribution in [2.24, 2.45) is 5.73 Å². The van der Waals surface area contributed by atoms with Crippen LogP contribution in [-0.4, -0.2) is 29.1 Å². The molecule has 0 fully saturated rings. The molecule has 0 aliphatic rings. The number of rotatable bonds is 3. The maximum atomic E-state index is 5.65. The number of nitrogens with two attached hydrogens (primary N) is 1. The molecule has 1 aromatic heterocycles. The van der Waals surface area contributed by atoms with Gasteiger partial charge >= 0.3 is 0 Å². The van der Waals surface area contributed by atoms with Crippen LogP contribution in [0.5, 0.6) is 0 Å². The van der Waals surface area contributed by atoms with Crippen LogP contribution in [0.15, 0.2) is 18.6 Å². The standard InChI is InChI=1S/C9H16N4/c1-9(2,7-10)13(3)8-6-11-4-5-12-8/h4-6H,7,10H2,1-3H3. The number of nitrogens with zero attached hydrogens (tertiary/aromatic N) is 3.